The molecule has 0 bridgehead atoms. The minimum atomic E-state index is -4.84. The van der Waals surface area contributed by atoms with Crippen molar-refractivity contribution in [2.24, 2.45) is 12.0 Å². The summed E-state index contributed by atoms with van der Waals surface area (Å²) in [5.41, 5.74) is 1.10. The third kappa shape index (κ3) is 8.38. The second-order valence-corrected chi connectivity index (χ2v) is 14.2. The topological polar surface area (TPSA) is 129 Å². The molecular formula is C35H25F7N8O4S2. The molecule has 290 valence electrons. The lowest BCUT2D eigenvalue weighted by molar-refractivity contribution is -0.274. The molecule has 6 aromatic rings. The van der Waals surface area contributed by atoms with Gasteiger partial charge in [0.1, 0.15) is 22.7 Å². The number of rotatable bonds is 9. The number of ether oxygens (including phenoxy) is 2. The van der Waals surface area contributed by atoms with Crippen molar-refractivity contribution in [3.05, 3.63) is 101 Å². The van der Waals surface area contributed by atoms with E-state index in [9.17, 15) is 35.9 Å². The summed E-state index contributed by atoms with van der Waals surface area (Å²) in [6.07, 6.45) is -8.17. The van der Waals surface area contributed by atoms with Crippen molar-refractivity contribution in [3.8, 4) is 22.8 Å². The van der Waals surface area contributed by atoms with Crippen molar-refractivity contribution in [3.63, 3.8) is 0 Å². The number of thiophene rings is 1. The Kier molecular flexibility index (Phi) is 10.3. The monoisotopic (exact) mass is 818 g/mol. The third-order valence-electron chi connectivity index (χ3n) is 8.07. The van der Waals surface area contributed by atoms with Crippen LogP contribution in [0.25, 0.3) is 27.3 Å². The van der Waals surface area contributed by atoms with Gasteiger partial charge in [-0.2, -0.15) is 23.3 Å². The van der Waals surface area contributed by atoms with Gasteiger partial charge < -0.3 is 14.8 Å². The molecule has 0 saturated carbocycles. The van der Waals surface area contributed by atoms with E-state index in [-0.39, 0.29) is 52.5 Å². The Labute approximate surface area is 319 Å². The molecule has 0 spiro atoms. The predicted molar refractivity (Wildman–Crippen MR) is 193 cm³/mol. The highest BCUT2D eigenvalue weighted by atomic mass is 32.2. The number of urea groups is 1. The highest BCUT2D eigenvalue weighted by Gasteiger charge is 2.37. The van der Waals surface area contributed by atoms with E-state index in [0.717, 1.165) is 46.9 Å². The van der Waals surface area contributed by atoms with E-state index in [1.165, 1.54) is 58.0 Å². The Morgan fingerprint density at radius 3 is 2.46 bits per heavy atom. The van der Waals surface area contributed by atoms with Gasteiger partial charge in [-0.25, -0.2) is 18.9 Å². The molecule has 1 aliphatic heterocycles. The molecule has 1 fully saturated rings. The number of carbonyl (C=O) groups is 2. The summed E-state index contributed by atoms with van der Waals surface area (Å²) >= 11 is 2.12. The van der Waals surface area contributed by atoms with Crippen molar-refractivity contribution in [2.75, 3.05) is 16.0 Å². The Hall–Kier alpha value is -5.80. The summed E-state index contributed by atoms with van der Waals surface area (Å²) in [5.74, 6) is -1.60. The van der Waals surface area contributed by atoms with Crippen LogP contribution in [-0.2, 0) is 36.0 Å². The number of amides is 3. The van der Waals surface area contributed by atoms with Crippen LogP contribution in [0.5, 0.6) is 5.75 Å². The minimum Gasteiger partial charge on any atom is -0.406 e. The molecule has 12 nitrogen and oxygen atoms in total. The molecule has 4 heterocycles. The number of aromatic nitrogens is 5. The lowest BCUT2D eigenvalue weighted by atomic mass is 10.1. The first kappa shape index (κ1) is 38.5. The van der Waals surface area contributed by atoms with Crippen LogP contribution < -0.4 is 15.0 Å². The molecule has 1 N–H and O–H groups in total. The minimum absolute atomic E-state index is 0.0176. The zero-order valence-corrected chi connectivity index (χ0v) is 30.4. The maximum Gasteiger partial charge on any atom is 0.573 e. The number of fused-ring (bicyclic) bond motifs is 1. The van der Waals surface area contributed by atoms with Crippen LogP contribution in [0.1, 0.15) is 21.7 Å². The quantitative estimate of drug-likeness (QED) is 0.144. The standard InChI is InChI=1S/C35H25F7N8O4S2/c1-18-3-4-20(14-53-15-23-13-24-29(34(37,38)39)46-48(2)31(24)56-23)27(11-18)50-28(51)16-55-33(50)45-32(52)44-26-10-5-19(12-25(26)36)30-43-17-49(47-30)21-6-8-22(9-7-21)54-35(40,41)42/h3-13,17H,14-16H2,1-2H3,(H,44,52). The van der Waals surface area contributed by atoms with Gasteiger partial charge in [0.05, 0.1) is 36.0 Å². The predicted octanol–water partition coefficient (Wildman–Crippen LogP) is 8.63. The number of amidine groups is 1. The Morgan fingerprint density at radius 1 is 0.982 bits per heavy atom. The number of carbonyl (C=O) groups excluding carboxylic acids is 2. The van der Waals surface area contributed by atoms with E-state index in [0.29, 0.717) is 26.6 Å². The molecule has 3 aromatic carbocycles. The Morgan fingerprint density at radius 2 is 1.75 bits per heavy atom. The van der Waals surface area contributed by atoms with Gasteiger partial charge >= 0.3 is 18.6 Å². The summed E-state index contributed by atoms with van der Waals surface area (Å²) in [6, 6.07) is 14.3. The van der Waals surface area contributed by atoms with Gasteiger partial charge in [-0.05, 0) is 67.1 Å². The Balaban J connectivity index is 1.03. The number of nitrogens with one attached hydrogen (secondary N) is 1. The van der Waals surface area contributed by atoms with Crippen molar-refractivity contribution in [1.29, 1.82) is 0 Å². The first-order valence-electron chi connectivity index (χ1n) is 16.2. The smallest absolute Gasteiger partial charge is 0.406 e. The molecule has 3 amide bonds. The summed E-state index contributed by atoms with van der Waals surface area (Å²) in [4.78, 5) is 36.5. The van der Waals surface area contributed by atoms with Crippen LogP contribution >= 0.6 is 23.1 Å². The zero-order chi connectivity index (χ0) is 39.9. The number of thioether (sulfide) groups is 1. The molecule has 21 heteroatoms. The SMILES string of the molecule is Cc1ccc(COCc2cc3c(C(F)(F)F)nn(C)c3s2)c(N2C(=O)CSC2=NC(=O)Nc2ccc(-c3ncn(-c4ccc(OC(F)(F)F)cc4)n3)cc2F)c1. The molecule has 0 unspecified atom stereocenters. The molecule has 56 heavy (non-hydrogen) atoms. The van der Waals surface area contributed by atoms with Crippen molar-refractivity contribution < 1.29 is 49.8 Å². The van der Waals surface area contributed by atoms with Gasteiger partial charge in [-0.3, -0.25) is 14.4 Å². The van der Waals surface area contributed by atoms with Gasteiger partial charge in [0, 0.05) is 28.4 Å². The van der Waals surface area contributed by atoms with Crippen LogP contribution in [0.4, 0.5) is 46.9 Å². The first-order chi connectivity index (χ1) is 26.5. The van der Waals surface area contributed by atoms with Gasteiger partial charge in [-0.15, -0.1) is 29.6 Å². The molecule has 0 radical (unpaired) electrons. The van der Waals surface area contributed by atoms with Gasteiger partial charge in [0.15, 0.2) is 16.7 Å². The van der Waals surface area contributed by atoms with E-state index in [1.807, 2.05) is 0 Å². The first-order valence-corrected chi connectivity index (χ1v) is 18.0. The second kappa shape index (κ2) is 15.0. The Bertz CT molecular complexity index is 2490. The number of aryl methyl sites for hydroxylation is 2. The fraction of sp³-hybridized carbons (Fsp3) is 0.200. The van der Waals surface area contributed by atoms with Crippen molar-refractivity contribution in [1.82, 2.24) is 24.5 Å². The largest absolute Gasteiger partial charge is 0.573 e. The van der Waals surface area contributed by atoms with Crippen LogP contribution in [-0.4, -0.2) is 53.8 Å². The number of halogens is 7. The molecule has 7 rings (SSSR count). The number of alkyl halides is 6. The highest BCUT2D eigenvalue weighted by molar-refractivity contribution is 8.15. The van der Waals surface area contributed by atoms with E-state index in [4.69, 9.17) is 4.74 Å². The average molecular weight is 819 g/mol. The molecule has 0 atom stereocenters. The number of nitrogens with zero attached hydrogens (tertiary/aromatic N) is 7. The summed E-state index contributed by atoms with van der Waals surface area (Å²) in [6.45, 7) is 1.75. The number of hydrogen-bond acceptors (Lipinski definition) is 9. The number of hydrogen-bond donors (Lipinski definition) is 1. The maximum absolute atomic E-state index is 15.2. The van der Waals surface area contributed by atoms with Crippen molar-refractivity contribution in [2.45, 2.75) is 32.7 Å². The number of anilines is 2. The molecular weight excluding hydrogens is 794 g/mol. The van der Waals surface area contributed by atoms with Gasteiger partial charge in [-0.1, -0.05) is 23.9 Å². The van der Waals surface area contributed by atoms with E-state index in [1.54, 1.807) is 25.1 Å². The number of aliphatic imine (C=N–C) groups is 1. The third-order valence-corrected chi connectivity index (χ3v) is 10.2. The van der Waals surface area contributed by atoms with Crippen LogP contribution in [0.2, 0.25) is 0 Å². The van der Waals surface area contributed by atoms with Crippen LogP contribution in [0, 0.1) is 12.7 Å². The molecule has 3 aromatic heterocycles. The lowest BCUT2D eigenvalue weighted by Crippen LogP contribution is -2.31. The average Bonchev–Trinajstić information content (AvgIpc) is 3.91. The van der Waals surface area contributed by atoms with Crippen molar-refractivity contribution >= 4 is 61.8 Å². The molecule has 1 saturated heterocycles. The van der Waals surface area contributed by atoms with E-state index < -0.39 is 35.8 Å². The van der Waals surface area contributed by atoms with Gasteiger partial charge in [0.2, 0.25) is 5.91 Å². The zero-order valence-electron chi connectivity index (χ0n) is 28.8. The lowest BCUT2D eigenvalue weighted by Gasteiger charge is -2.20. The summed E-state index contributed by atoms with van der Waals surface area (Å²) in [5, 5.41) is 10.2. The van der Waals surface area contributed by atoms with E-state index in [2.05, 4.69) is 30.2 Å². The van der Waals surface area contributed by atoms with E-state index >= 15 is 4.39 Å². The number of benzene rings is 3. The van der Waals surface area contributed by atoms with Crippen LogP contribution in [0.15, 0.2) is 78.0 Å². The normalized spacial score (nSPS) is 14.3. The highest BCUT2D eigenvalue weighted by Crippen LogP contribution is 2.38. The summed E-state index contributed by atoms with van der Waals surface area (Å²) in [7, 11) is 1.43. The second-order valence-electron chi connectivity index (χ2n) is 12.1. The summed E-state index contributed by atoms with van der Waals surface area (Å²) < 4.78 is 105. The fourth-order valence-corrected chi connectivity index (χ4v) is 7.49. The maximum atomic E-state index is 15.2. The molecule has 1 aliphatic rings. The van der Waals surface area contributed by atoms with Gasteiger partial charge in [0.25, 0.3) is 0 Å². The van der Waals surface area contributed by atoms with Crippen LogP contribution in [0.3, 0.4) is 0 Å². The fourth-order valence-electron chi connectivity index (χ4n) is 5.62. The molecule has 0 aliphatic carbocycles.